The molecule has 1 aromatic heterocycles. The first-order valence-electron chi connectivity index (χ1n) is 6.15. The number of methoxy groups -OCH3 is 2. The van der Waals surface area contributed by atoms with E-state index in [0.29, 0.717) is 18.0 Å². The molecule has 0 fully saturated rings. The van der Waals surface area contributed by atoms with Crippen LogP contribution in [-0.4, -0.2) is 25.1 Å². The second kappa shape index (κ2) is 6.56. The number of hydrogen-bond acceptors (Lipinski definition) is 4. The number of aromatic nitrogens is 1. The number of amides is 1. The van der Waals surface area contributed by atoms with E-state index in [1.807, 2.05) is 30.3 Å². The van der Waals surface area contributed by atoms with Gasteiger partial charge in [-0.2, -0.15) is 4.98 Å². The molecule has 1 aromatic carbocycles. The van der Waals surface area contributed by atoms with E-state index in [-0.39, 0.29) is 11.8 Å². The summed E-state index contributed by atoms with van der Waals surface area (Å²) in [6.07, 6.45) is 0. The fourth-order valence-corrected chi connectivity index (χ4v) is 1.74. The molecule has 1 amide bonds. The van der Waals surface area contributed by atoms with Crippen molar-refractivity contribution in [3.8, 4) is 11.8 Å². The maximum absolute atomic E-state index is 12.1. The molecule has 0 radical (unpaired) electrons. The quantitative estimate of drug-likeness (QED) is 0.904. The molecule has 1 N–H and O–H groups in total. The third-order valence-electron chi connectivity index (χ3n) is 2.78. The van der Waals surface area contributed by atoms with Crippen molar-refractivity contribution in [1.82, 2.24) is 10.3 Å². The summed E-state index contributed by atoms with van der Waals surface area (Å²) in [5.74, 6) is 0.414. The molecular formula is C15H16N2O3. The summed E-state index contributed by atoms with van der Waals surface area (Å²) in [4.78, 5) is 16.2. The van der Waals surface area contributed by atoms with Gasteiger partial charge in [0.05, 0.1) is 14.2 Å². The Bertz CT molecular complexity index is 585. The van der Waals surface area contributed by atoms with E-state index in [1.54, 1.807) is 12.1 Å². The largest absolute Gasteiger partial charge is 0.481 e. The molecule has 0 bridgehead atoms. The highest BCUT2D eigenvalue weighted by molar-refractivity contribution is 5.96. The fraction of sp³-hybridized carbons (Fsp3) is 0.200. The Hall–Kier alpha value is -2.56. The van der Waals surface area contributed by atoms with Crippen LogP contribution in [0, 0.1) is 0 Å². The molecule has 0 aliphatic heterocycles. The van der Waals surface area contributed by atoms with E-state index in [0.717, 1.165) is 5.56 Å². The number of ether oxygens (including phenoxy) is 2. The van der Waals surface area contributed by atoms with Gasteiger partial charge >= 0.3 is 0 Å². The molecule has 5 nitrogen and oxygen atoms in total. The van der Waals surface area contributed by atoms with E-state index in [4.69, 9.17) is 9.47 Å². The summed E-state index contributed by atoms with van der Waals surface area (Å²) in [6.45, 7) is 0.453. The van der Waals surface area contributed by atoms with Crippen molar-refractivity contribution in [3.05, 3.63) is 53.6 Å². The third-order valence-corrected chi connectivity index (χ3v) is 2.78. The Morgan fingerprint density at radius 3 is 2.50 bits per heavy atom. The van der Waals surface area contributed by atoms with Crippen LogP contribution in [0.1, 0.15) is 15.9 Å². The standard InChI is InChI=1S/C15H16N2O3/c1-19-13-9-8-12(15(17-13)20-2)14(18)16-10-11-6-4-3-5-7-11/h3-9H,10H2,1-2H3,(H,16,18). The number of rotatable bonds is 5. The van der Waals surface area contributed by atoms with Crippen molar-refractivity contribution in [3.63, 3.8) is 0 Å². The zero-order valence-corrected chi connectivity index (χ0v) is 11.4. The fourth-order valence-electron chi connectivity index (χ4n) is 1.74. The van der Waals surface area contributed by atoms with Crippen LogP contribution in [0.5, 0.6) is 11.8 Å². The predicted molar refractivity (Wildman–Crippen MR) is 75.0 cm³/mol. The molecule has 2 aromatic rings. The molecule has 5 heteroatoms. The van der Waals surface area contributed by atoms with Crippen LogP contribution < -0.4 is 14.8 Å². The summed E-state index contributed by atoms with van der Waals surface area (Å²) in [5, 5.41) is 2.83. The number of carbonyl (C=O) groups is 1. The first-order chi connectivity index (χ1) is 9.74. The number of benzene rings is 1. The SMILES string of the molecule is COc1ccc(C(=O)NCc2ccccc2)c(OC)n1. The minimum atomic E-state index is -0.235. The zero-order valence-electron chi connectivity index (χ0n) is 11.4. The molecule has 20 heavy (non-hydrogen) atoms. The van der Waals surface area contributed by atoms with E-state index >= 15 is 0 Å². The van der Waals surface area contributed by atoms with Crippen molar-refractivity contribution in [2.24, 2.45) is 0 Å². The highest BCUT2D eigenvalue weighted by Gasteiger charge is 2.14. The van der Waals surface area contributed by atoms with Gasteiger partial charge in [0.1, 0.15) is 5.56 Å². The maximum Gasteiger partial charge on any atom is 0.257 e. The molecule has 2 rings (SSSR count). The Morgan fingerprint density at radius 1 is 1.10 bits per heavy atom. The van der Waals surface area contributed by atoms with E-state index in [9.17, 15) is 4.79 Å². The smallest absolute Gasteiger partial charge is 0.257 e. The monoisotopic (exact) mass is 272 g/mol. The van der Waals surface area contributed by atoms with Gasteiger partial charge in [0, 0.05) is 12.6 Å². The van der Waals surface area contributed by atoms with Crippen molar-refractivity contribution in [1.29, 1.82) is 0 Å². The second-order valence-corrected chi connectivity index (χ2v) is 4.08. The lowest BCUT2D eigenvalue weighted by Gasteiger charge is -2.09. The zero-order chi connectivity index (χ0) is 14.4. The molecule has 0 unspecified atom stereocenters. The van der Waals surface area contributed by atoms with Crippen molar-refractivity contribution >= 4 is 5.91 Å². The Morgan fingerprint density at radius 2 is 1.85 bits per heavy atom. The number of carbonyl (C=O) groups excluding carboxylic acids is 1. The normalized spacial score (nSPS) is 9.90. The Kier molecular flexibility index (Phi) is 4.55. The summed E-state index contributed by atoms with van der Waals surface area (Å²) in [6, 6.07) is 12.9. The molecule has 1 heterocycles. The van der Waals surface area contributed by atoms with Gasteiger partial charge in [-0.1, -0.05) is 30.3 Å². The number of hydrogen-bond donors (Lipinski definition) is 1. The Labute approximate surface area is 117 Å². The molecule has 0 spiro atoms. The lowest BCUT2D eigenvalue weighted by Crippen LogP contribution is -2.23. The van der Waals surface area contributed by atoms with Crippen LogP contribution in [0.4, 0.5) is 0 Å². The number of pyridine rings is 1. The van der Waals surface area contributed by atoms with Crippen LogP contribution in [0.25, 0.3) is 0 Å². The van der Waals surface area contributed by atoms with E-state index in [1.165, 1.54) is 14.2 Å². The van der Waals surface area contributed by atoms with Crippen LogP contribution in [0.15, 0.2) is 42.5 Å². The van der Waals surface area contributed by atoms with Gasteiger partial charge in [-0.05, 0) is 11.6 Å². The number of nitrogens with one attached hydrogen (secondary N) is 1. The lowest BCUT2D eigenvalue weighted by molar-refractivity contribution is 0.0947. The van der Waals surface area contributed by atoms with Gasteiger partial charge in [0.2, 0.25) is 11.8 Å². The van der Waals surface area contributed by atoms with Gasteiger partial charge < -0.3 is 14.8 Å². The van der Waals surface area contributed by atoms with Crippen LogP contribution >= 0.6 is 0 Å². The van der Waals surface area contributed by atoms with E-state index in [2.05, 4.69) is 10.3 Å². The van der Waals surface area contributed by atoms with Crippen LogP contribution in [-0.2, 0) is 6.54 Å². The second-order valence-electron chi connectivity index (χ2n) is 4.08. The molecule has 0 saturated heterocycles. The topological polar surface area (TPSA) is 60.5 Å². The first-order valence-corrected chi connectivity index (χ1v) is 6.15. The van der Waals surface area contributed by atoms with Crippen molar-refractivity contribution in [2.75, 3.05) is 14.2 Å². The molecular weight excluding hydrogens is 256 g/mol. The van der Waals surface area contributed by atoms with Gasteiger partial charge in [0.25, 0.3) is 5.91 Å². The Balaban J connectivity index is 2.09. The summed E-state index contributed by atoms with van der Waals surface area (Å²) < 4.78 is 10.1. The van der Waals surface area contributed by atoms with Crippen molar-refractivity contribution in [2.45, 2.75) is 6.54 Å². The highest BCUT2D eigenvalue weighted by Crippen LogP contribution is 2.19. The lowest BCUT2D eigenvalue weighted by atomic mass is 10.2. The molecule has 0 aliphatic carbocycles. The summed E-state index contributed by atoms with van der Waals surface area (Å²) in [7, 11) is 2.98. The minimum absolute atomic E-state index is 0.235. The van der Waals surface area contributed by atoms with Crippen LogP contribution in [0.3, 0.4) is 0 Å². The molecule has 0 saturated carbocycles. The van der Waals surface area contributed by atoms with Gasteiger partial charge in [-0.25, -0.2) is 0 Å². The van der Waals surface area contributed by atoms with Gasteiger partial charge in [-0.15, -0.1) is 0 Å². The van der Waals surface area contributed by atoms with E-state index < -0.39 is 0 Å². The third kappa shape index (κ3) is 3.26. The summed E-state index contributed by atoms with van der Waals surface area (Å²) in [5.41, 5.74) is 1.41. The molecule has 0 aliphatic rings. The minimum Gasteiger partial charge on any atom is -0.481 e. The average Bonchev–Trinajstić information content (AvgIpc) is 2.52. The number of nitrogens with zero attached hydrogens (tertiary/aromatic N) is 1. The van der Waals surface area contributed by atoms with Crippen molar-refractivity contribution < 1.29 is 14.3 Å². The average molecular weight is 272 g/mol. The predicted octanol–water partition coefficient (Wildman–Crippen LogP) is 2.03. The summed E-state index contributed by atoms with van der Waals surface area (Å²) >= 11 is 0. The van der Waals surface area contributed by atoms with Gasteiger partial charge in [-0.3, -0.25) is 4.79 Å². The van der Waals surface area contributed by atoms with Crippen LogP contribution in [0.2, 0.25) is 0 Å². The molecule has 0 atom stereocenters. The first kappa shape index (κ1) is 13.9. The molecule has 104 valence electrons. The van der Waals surface area contributed by atoms with Gasteiger partial charge in [0.15, 0.2) is 0 Å². The highest BCUT2D eigenvalue weighted by atomic mass is 16.5. The maximum atomic E-state index is 12.1.